The zero-order valence-electron chi connectivity index (χ0n) is 16.7. The van der Waals surface area contributed by atoms with Crippen molar-refractivity contribution in [2.24, 2.45) is 0 Å². The van der Waals surface area contributed by atoms with E-state index in [9.17, 15) is 4.79 Å². The van der Waals surface area contributed by atoms with Crippen LogP contribution in [0.4, 0.5) is 5.69 Å². The molecule has 2 heterocycles. The molecule has 9 heteroatoms. The maximum absolute atomic E-state index is 13.0. The summed E-state index contributed by atoms with van der Waals surface area (Å²) < 4.78 is 12.6. The Morgan fingerprint density at radius 1 is 1.16 bits per heavy atom. The Bertz CT molecular complexity index is 1220. The number of ether oxygens (including phenoxy) is 2. The van der Waals surface area contributed by atoms with Crippen molar-refractivity contribution >= 4 is 73.5 Å². The lowest BCUT2D eigenvalue weighted by atomic mass is 10.1. The summed E-state index contributed by atoms with van der Waals surface area (Å²) in [4.78, 5) is 19.0. The number of carbonyl (C=O) groups is 1. The van der Waals surface area contributed by atoms with Gasteiger partial charge >= 0.3 is 0 Å². The fourth-order valence-corrected chi connectivity index (χ4v) is 4.72. The zero-order valence-corrected chi connectivity index (χ0v) is 20.7. The number of anilines is 1. The van der Waals surface area contributed by atoms with Crippen molar-refractivity contribution in [3.8, 4) is 11.5 Å². The number of methoxy groups -OCH3 is 1. The molecule has 0 aliphatic carbocycles. The predicted molar refractivity (Wildman–Crippen MR) is 136 cm³/mol. The van der Waals surface area contributed by atoms with E-state index in [0.29, 0.717) is 38.0 Å². The molecule has 0 spiro atoms. The molecule has 0 radical (unpaired) electrons. The van der Waals surface area contributed by atoms with Crippen molar-refractivity contribution in [2.75, 3.05) is 12.0 Å². The summed E-state index contributed by atoms with van der Waals surface area (Å²) in [6, 6.07) is 14.6. The number of carbonyl (C=O) groups excluding carboxylic acids is 1. The molecular weight excluding hydrogens is 532 g/mol. The van der Waals surface area contributed by atoms with Crippen LogP contribution in [0.15, 0.2) is 70.3 Å². The van der Waals surface area contributed by atoms with Crippen LogP contribution >= 0.6 is 51.5 Å². The largest absolute Gasteiger partial charge is 0.493 e. The number of nitrogens with zero attached hydrogens (tertiary/aromatic N) is 2. The number of amides is 1. The summed E-state index contributed by atoms with van der Waals surface area (Å²) in [5, 5.41) is 0.507. The molecule has 1 aromatic heterocycles. The normalized spacial score (nSPS) is 14.8. The van der Waals surface area contributed by atoms with Gasteiger partial charge in [-0.25, -0.2) is 0 Å². The highest BCUT2D eigenvalue weighted by atomic mass is 79.9. The van der Waals surface area contributed by atoms with Gasteiger partial charge in [0, 0.05) is 16.9 Å². The number of hydrogen-bond donors (Lipinski definition) is 0. The molecule has 0 N–H and O–H groups in total. The average Bonchev–Trinajstić information content (AvgIpc) is 3.08. The van der Waals surface area contributed by atoms with E-state index < -0.39 is 0 Å². The predicted octanol–water partition coefficient (Wildman–Crippen LogP) is 6.49. The lowest BCUT2D eigenvalue weighted by molar-refractivity contribution is -0.113. The number of rotatable bonds is 6. The van der Waals surface area contributed by atoms with Crippen molar-refractivity contribution in [3.05, 3.63) is 86.5 Å². The minimum absolute atomic E-state index is 0.199. The Hall–Kier alpha value is -2.39. The highest BCUT2D eigenvalue weighted by Gasteiger charge is 2.33. The third-order valence-electron chi connectivity index (χ3n) is 4.58. The van der Waals surface area contributed by atoms with E-state index in [-0.39, 0.29) is 5.91 Å². The second kappa shape index (κ2) is 10.0. The highest BCUT2D eigenvalue weighted by Crippen LogP contribution is 2.39. The van der Waals surface area contributed by atoms with Gasteiger partial charge in [-0.1, -0.05) is 41.6 Å². The Labute approximate surface area is 208 Å². The van der Waals surface area contributed by atoms with E-state index in [1.54, 1.807) is 43.8 Å². The summed E-state index contributed by atoms with van der Waals surface area (Å²) >= 11 is 16.2. The van der Waals surface area contributed by atoms with Crippen LogP contribution in [0.1, 0.15) is 11.1 Å². The summed E-state index contributed by atoms with van der Waals surface area (Å²) in [6.45, 7) is 0.395. The molecule has 1 aliphatic heterocycles. The van der Waals surface area contributed by atoms with Crippen LogP contribution in [0, 0.1) is 0 Å². The van der Waals surface area contributed by atoms with E-state index >= 15 is 0 Å². The molecule has 1 amide bonds. The first-order valence-electron chi connectivity index (χ1n) is 9.39. The van der Waals surface area contributed by atoms with Gasteiger partial charge < -0.3 is 9.47 Å². The monoisotopic (exact) mass is 546 g/mol. The quantitative estimate of drug-likeness (QED) is 0.260. The summed E-state index contributed by atoms with van der Waals surface area (Å²) in [7, 11) is 1.58. The molecule has 5 nitrogen and oxygen atoms in total. The second-order valence-electron chi connectivity index (χ2n) is 6.67. The Morgan fingerprint density at radius 3 is 2.66 bits per heavy atom. The summed E-state index contributed by atoms with van der Waals surface area (Å²) in [5.41, 5.74) is 2.43. The topological polar surface area (TPSA) is 51.7 Å². The average molecular weight is 548 g/mol. The van der Waals surface area contributed by atoms with Crippen LogP contribution in [0.5, 0.6) is 11.5 Å². The van der Waals surface area contributed by atoms with E-state index in [1.807, 2.05) is 30.3 Å². The van der Waals surface area contributed by atoms with Crippen molar-refractivity contribution < 1.29 is 14.3 Å². The van der Waals surface area contributed by atoms with Gasteiger partial charge in [-0.15, -0.1) is 0 Å². The molecule has 4 rings (SSSR count). The number of thiocarbonyl (C=S) groups is 1. The lowest BCUT2D eigenvalue weighted by Crippen LogP contribution is -2.27. The highest BCUT2D eigenvalue weighted by molar-refractivity contribution is 9.10. The number of hydrogen-bond acceptors (Lipinski definition) is 6. The minimum Gasteiger partial charge on any atom is -0.493 e. The summed E-state index contributed by atoms with van der Waals surface area (Å²) in [6.07, 6.45) is 5.23. The van der Waals surface area contributed by atoms with Gasteiger partial charge in [-0.05, 0) is 75.6 Å². The SMILES string of the molecule is COc1cc(/C=C2/SC(=S)N(c3ccc(Br)c(Cl)c3)C2=O)ccc1OCc1ccncc1. The molecule has 162 valence electrons. The first-order valence-corrected chi connectivity index (χ1v) is 11.8. The Morgan fingerprint density at radius 2 is 1.94 bits per heavy atom. The van der Waals surface area contributed by atoms with Crippen LogP contribution < -0.4 is 14.4 Å². The first-order chi connectivity index (χ1) is 15.5. The van der Waals surface area contributed by atoms with Gasteiger partial charge in [0.2, 0.25) is 0 Å². The number of aromatic nitrogens is 1. The molecule has 32 heavy (non-hydrogen) atoms. The van der Waals surface area contributed by atoms with Gasteiger partial charge in [-0.3, -0.25) is 14.7 Å². The van der Waals surface area contributed by atoms with Crippen molar-refractivity contribution in [1.29, 1.82) is 0 Å². The Balaban J connectivity index is 1.54. The molecule has 3 aromatic rings. The standard InChI is InChI=1S/C23H16BrClN2O3S2/c1-29-20-10-15(2-5-19(20)30-13-14-6-8-26-9-7-14)11-21-22(28)27(23(31)32-21)16-3-4-17(24)18(25)12-16/h2-12H,13H2,1H3/b21-11+. The number of thioether (sulfide) groups is 1. The Kier molecular flexibility index (Phi) is 7.15. The minimum atomic E-state index is -0.199. The fraction of sp³-hybridized carbons (Fsp3) is 0.0870. The zero-order chi connectivity index (χ0) is 22.7. The third kappa shape index (κ3) is 4.99. The first kappa shape index (κ1) is 22.8. The van der Waals surface area contributed by atoms with E-state index in [0.717, 1.165) is 15.6 Å². The molecule has 0 bridgehead atoms. The van der Waals surface area contributed by atoms with Crippen LogP contribution in [0.25, 0.3) is 6.08 Å². The summed E-state index contributed by atoms with van der Waals surface area (Å²) in [5.74, 6) is 0.983. The van der Waals surface area contributed by atoms with Gasteiger partial charge in [0.15, 0.2) is 15.8 Å². The van der Waals surface area contributed by atoms with Gasteiger partial charge in [-0.2, -0.15) is 0 Å². The molecule has 0 saturated carbocycles. The van der Waals surface area contributed by atoms with Crippen LogP contribution in [0.3, 0.4) is 0 Å². The number of pyridine rings is 1. The maximum Gasteiger partial charge on any atom is 0.270 e. The molecule has 1 aliphatic rings. The smallest absolute Gasteiger partial charge is 0.270 e. The molecule has 1 saturated heterocycles. The van der Waals surface area contributed by atoms with Gasteiger partial charge in [0.25, 0.3) is 5.91 Å². The number of benzene rings is 2. The van der Waals surface area contributed by atoms with E-state index in [4.69, 9.17) is 33.3 Å². The number of halogens is 2. The molecular formula is C23H16BrClN2O3S2. The van der Waals surface area contributed by atoms with Crippen molar-refractivity contribution in [1.82, 2.24) is 4.98 Å². The maximum atomic E-state index is 13.0. The van der Waals surface area contributed by atoms with E-state index in [1.165, 1.54) is 16.7 Å². The van der Waals surface area contributed by atoms with Gasteiger partial charge in [0.1, 0.15) is 6.61 Å². The van der Waals surface area contributed by atoms with Crippen LogP contribution in [-0.2, 0) is 11.4 Å². The molecule has 1 fully saturated rings. The third-order valence-corrected chi connectivity index (χ3v) is 7.12. The van der Waals surface area contributed by atoms with Crippen LogP contribution in [0.2, 0.25) is 5.02 Å². The molecule has 0 atom stereocenters. The second-order valence-corrected chi connectivity index (χ2v) is 9.61. The van der Waals surface area contributed by atoms with Crippen molar-refractivity contribution in [3.63, 3.8) is 0 Å². The van der Waals surface area contributed by atoms with Crippen molar-refractivity contribution in [2.45, 2.75) is 6.61 Å². The fourth-order valence-electron chi connectivity index (χ4n) is 3.00. The van der Waals surface area contributed by atoms with Gasteiger partial charge in [0.05, 0.1) is 22.7 Å². The van der Waals surface area contributed by atoms with Crippen LogP contribution in [-0.4, -0.2) is 22.3 Å². The molecule has 0 unspecified atom stereocenters. The molecule has 2 aromatic carbocycles. The lowest BCUT2D eigenvalue weighted by Gasteiger charge is -2.15. The van der Waals surface area contributed by atoms with E-state index in [2.05, 4.69) is 20.9 Å².